The molecule has 0 fully saturated rings. The molecule has 1 aromatic carbocycles. The lowest BCUT2D eigenvalue weighted by Gasteiger charge is -2.12. The van der Waals surface area contributed by atoms with Gasteiger partial charge in [0.05, 0.1) is 5.52 Å². The van der Waals surface area contributed by atoms with Gasteiger partial charge in [-0.25, -0.2) is 0 Å². The van der Waals surface area contributed by atoms with Crippen LogP contribution in [0.5, 0.6) is 0 Å². The Labute approximate surface area is 114 Å². The molecular formula is C14H13IN2. The van der Waals surface area contributed by atoms with Crippen molar-refractivity contribution in [2.75, 3.05) is 19.0 Å². The zero-order chi connectivity index (χ0) is 12.0. The van der Waals surface area contributed by atoms with Gasteiger partial charge in [0.25, 0.3) is 0 Å². The van der Waals surface area contributed by atoms with Crippen molar-refractivity contribution in [3.63, 3.8) is 0 Å². The van der Waals surface area contributed by atoms with E-state index in [1.165, 1.54) is 25.7 Å². The number of nitrogens with zero attached hydrogens (tertiary/aromatic N) is 2. The van der Waals surface area contributed by atoms with Crippen molar-refractivity contribution >= 4 is 44.7 Å². The molecule has 0 N–H and O–H groups in total. The van der Waals surface area contributed by atoms with Crippen LogP contribution in [0.25, 0.3) is 16.4 Å². The number of benzene rings is 1. The fourth-order valence-electron chi connectivity index (χ4n) is 2.13. The van der Waals surface area contributed by atoms with Crippen LogP contribution in [0, 0.1) is 3.57 Å². The van der Waals surface area contributed by atoms with Crippen LogP contribution in [-0.2, 0) is 0 Å². The van der Waals surface area contributed by atoms with Crippen molar-refractivity contribution in [1.29, 1.82) is 0 Å². The molecule has 3 rings (SSSR count). The normalized spacial score (nSPS) is 11.2. The van der Waals surface area contributed by atoms with Crippen LogP contribution < -0.4 is 4.90 Å². The Kier molecular flexibility index (Phi) is 2.50. The highest BCUT2D eigenvalue weighted by atomic mass is 127. The Hall–Kier alpha value is -1.23. The lowest BCUT2D eigenvalue weighted by Crippen LogP contribution is -2.08. The van der Waals surface area contributed by atoms with E-state index in [1.807, 2.05) is 0 Å². The molecule has 0 unspecified atom stereocenters. The quantitative estimate of drug-likeness (QED) is 0.614. The van der Waals surface area contributed by atoms with Crippen molar-refractivity contribution in [3.8, 4) is 0 Å². The number of aromatic nitrogens is 1. The molecule has 0 aliphatic heterocycles. The first kappa shape index (κ1) is 10.9. The summed E-state index contributed by atoms with van der Waals surface area (Å²) >= 11 is 2.35. The minimum absolute atomic E-state index is 1.23. The molecule has 3 aromatic rings. The number of halogens is 1. The summed E-state index contributed by atoms with van der Waals surface area (Å²) in [5, 5.41) is 1.30. The second kappa shape index (κ2) is 3.91. The molecule has 0 amide bonds. The topological polar surface area (TPSA) is 7.65 Å². The van der Waals surface area contributed by atoms with Crippen molar-refractivity contribution in [1.82, 2.24) is 4.40 Å². The Morgan fingerprint density at radius 3 is 2.65 bits per heavy atom. The first-order valence-corrected chi connectivity index (χ1v) is 6.61. The van der Waals surface area contributed by atoms with E-state index in [9.17, 15) is 0 Å². The standard InChI is InChI=1S/C14H13IN2/c1-16(2)12-5-6-17-13(9-12)8-10-7-11(15)3-4-14(10)17/h3-9H,1-2H3. The monoisotopic (exact) mass is 336 g/mol. The molecular weight excluding hydrogens is 323 g/mol. The number of hydrogen-bond donors (Lipinski definition) is 0. The number of pyridine rings is 1. The van der Waals surface area contributed by atoms with Gasteiger partial charge in [-0.15, -0.1) is 0 Å². The van der Waals surface area contributed by atoms with Gasteiger partial charge in [0.1, 0.15) is 0 Å². The van der Waals surface area contributed by atoms with Crippen LogP contribution in [0.3, 0.4) is 0 Å². The smallest absolute Gasteiger partial charge is 0.0529 e. The number of hydrogen-bond acceptors (Lipinski definition) is 1. The highest BCUT2D eigenvalue weighted by Crippen LogP contribution is 2.24. The summed E-state index contributed by atoms with van der Waals surface area (Å²) in [7, 11) is 4.13. The van der Waals surface area contributed by atoms with Crippen molar-refractivity contribution in [2.24, 2.45) is 0 Å². The van der Waals surface area contributed by atoms with E-state index in [1.54, 1.807) is 0 Å². The molecule has 0 bridgehead atoms. The summed E-state index contributed by atoms with van der Waals surface area (Å²) in [6.07, 6.45) is 2.14. The average molecular weight is 336 g/mol. The van der Waals surface area contributed by atoms with Gasteiger partial charge in [-0.2, -0.15) is 0 Å². The molecule has 2 nitrogen and oxygen atoms in total. The van der Waals surface area contributed by atoms with Gasteiger partial charge >= 0.3 is 0 Å². The van der Waals surface area contributed by atoms with Crippen LogP contribution in [0.4, 0.5) is 5.69 Å². The third-order valence-electron chi connectivity index (χ3n) is 3.04. The molecule has 0 aliphatic rings. The van der Waals surface area contributed by atoms with Gasteiger partial charge in [0, 0.05) is 40.5 Å². The zero-order valence-corrected chi connectivity index (χ0v) is 12.0. The summed E-state index contributed by atoms with van der Waals surface area (Å²) in [5.74, 6) is 0. The Morgan fingerprint density at radius 2 is 1.88 bits per heavy atom. The predicted molar refractivity (Wildman–Crippen MR) is 81.9 cm³/mol. The second-order valence-corrected chi connectivity index (χ2v) is 5.67. The van der Waals surface area contributed by atoms with Crippen molar-refractivity contribution < 1.29 is 0 Å². The number of anilines is 1. The minimum Gasteiger partial charge on any atom is -0.378 e. The van der Waals surface area contributed by atoms with Crippen LogP contribution in [-0.4, -0.2) is 18.5 Å². The molecule has 17 heavy (non-hydrogen) atoms. The molecule has 0 saturated carbocycles. The summed E-state index contributed by atoms with van der Waals surface area (Å²) in [6, 6.07) is 13.1. The summed E-state index contributed by atoms with van der Waals surface area (Å²) in [6.45, 7) is 0. The third-order valence-corrected chi connectivity index (χ3v) is 3.71. The second-order valence-electron chi connectivity index (χ2n) is 4.42. The number of rotatable bonds is 1. The third kappa shape index (κ3) is 1.78. The lowest BCUT2D eigenvalue weighted by atomic mass is 10.2. The van der Waals surface area contributed by atoms with Crippen LogP contribution >= 0.6 is 22.6 Å². The van der Waals surface area contributed by atoms with Gasteiger partial charge in [0.2, 0.25) is 0 Å². The molecule has 0 aliphatic carbocycles. The molecule has 0 spiro atoms. The maximum absolute atomic E-state index is 2.35. The van der Waals surface area contributed by atoms with E-state index in [0.717, 1.165) is 0 Å². The Morgan fingerprint density at radius 1 is 1.06 bits per heavy atom. The van der Waals surface area contributed by atoms with Crippen molar-refractivity contribution in [2.45, 2.75) is 0 Å². The van der Waals surface area contributed by atoms with E-state index in [2.05, 4.69) is 88.6 Å². The largest absolute Gasteiger partial charge is 0.378 e. The Bertz CT molecular complexity index is 698. The van der Waals surface area contributed by atoms with Gasteiger partial charge < -0.3 is 9.30 Å². The van der Waals surface area contributed by atoms with E-state index in [-0.39, 0.29) is 0 Å². The maximum Gasteiger partial charge on any atom is 0.0529 e. The summed E-state index contributed by atoms with van der Waals surface area (Å²) in [4.78, 5) is 2.13. The number of fused-ring (bicyclic) bond motifs is 3. The van der Waals surface area contributed by atoms with Gasteiger partial charge in [-0.1, -0.05) is 0 Å². The predicted octanol–water partition coefficient (Wildman–Crippen LogP) is 3.76. The van der Waals surface area contributed by atoms with Gasteiger partial charge in [-0.05, 0) is 59.0 Å². The van der Waals surface area contributed by atoms with Gasteiger partial charge in [-0.3, -0.25) is 0 Å². The molecule has 0 radical (unpaired) electrons. The van der Waals surface area contributed by atoms with E-state index in [0.29, 0.717) is 0 Å². The van der Waals surface area contributed by atoms with Gasteiger partial charge in [0.15, 0.2) is 0 Å². The molecule has 3 heteroatoms. The molecule has 0 atom stereocenters. The van der Waals surface area contributed by atoms with Crippen LogP contribution in [0.2, 0.25) is 0 Å². The molecule has 2 aromatic heterocycles. The highest BCUT2D eigenvalue weighted by molar-refractivity contribution is 14.1. The van der Waals surface area contributed by atoms with Crippen LogP contribution in [0.15, 0.2) is 42.6 Å². The maximum atomic E-state index is 2.35. The van der Waals surface area contributed by atoms with Crippen LogP contribution in [0.1, 0.15) is 0 Å². The van der Waals surface area contributed by atoms with E-state index >= 15 is 0 Å². The SMILES string of the molecule is CN(C)c1ccn2c(c1)cc1cc(I)ccc12. The summed E-state index contributed by atoms with van der Waals surface area (Å²) in [5.41, 5.74) is 3.74. The minimum atomic E-state index is 1.23. The fraction of sp³-hybridized carbons (Fsp3) is 0.143. The highest BCUT2D eigenvalue weighted by Gasteiger charge is 2.04. The zero-order valence-electron chi connectivity index (χ0n) is 9.81. The first-order valence-electron chi connectivity index (χ1n) is 5.53. The van der Waals surface area contributed by atoms with E-state index in [4.69, 9.17) is 0 Å². The Balaban J connectivity index is 2.35. The van der Waals surface area contributed by atoms with Crippen molar-refractivity contribution in [3.05, 3.63) is 46.2 Å². The molecule has 86 valence electrons. The van der Waals surface area contributed by atoms with E-state index < -0.39 is 0 Å². The molecule has 0 saturated heterocycles. The molecule has 2 heterocycles. The first-order chi connectivity index (χ1) is 8.15. The lowest BCUT2D eigenvalue weighted by molar-refractivity contribution is 1.12. The summed E-state index contributed by atoms with van der Waals surface area (Å²) < 4.78 is 3.51. The fourth-order valence-corrected chi connectivity index (χ4v) is 2.65. The average Bonchev–Trinajstić information content (AvgIpc) is 2.64.